The molecule has 0 aliphatic heterocycles. The van der Waals surface area contributed by atoms with Crippen molar-refractivity contribution >= 4 is 0 Å². The molecular formula is C17H17N. The fourth-order valence-corrected chi connectivity index (χ4v) is 2.41. The van der Waals surface area contributed by atoms with E-state index in [0.29, 0.717) is 0 Å². The van der Waals surface area contributed by atoms with Crippen molar-refractivity contribution in [3.63, 3.8) is 0 Å². The summed E-state index contributed by atoms with van der Waals surface area (Å²) < 4.78 is 0. The molecule has 2 aromatic carbocycles. The summed E-state index contributed by atoms with van der Waals surface area (Å²) in [6.07, 6.45) is 1.89. The highest BCUT2D eigenvalue weighted by Gasteiger charge is 2.11. The number of benzene rings is 2. The molecule has 0 aromatic heterocycles. The summed E-state index contributed by atoms with van der Waals surface area (Å²) in [7, 11) is 0. The summed E-state index contributed by atoms with van der Waals surface area (Å²) in [5, 5.41) is 9.46. The van der Waals surface area contributed by atoms with Crippen molar-refractivity contribution in [2.45, 2.75) is 26.7 Å². The lowest BCUT2D eigenvalue weighted by Crippen LogP contribution is -1.98. The Hall–Kier alpha value is -2.07. The number of aryl methyl sites for hydroxylation is 1. The van der Waals surface area contributed by atoms with Crippen LogP contribution in [0, 0.1) is 11.3 Å². The molecule has 0 heterocycles. The zero-order valence-electron chi connectivity index (χ0n) is 10.9. The van der Waals surface area contributed by atoms with Gasteiger partial charge in [-0.3, -0.25) is 0 Å². The molecule has 1 nitrogen and oxygen atoms in total. The Labute approximate surface area is 109 Å². The van der Waals surface area contributed by atoms with E-state index in [1.165, 1.54) is 11.1 Å². The Bertz CT molecular complexity index is 577. The van der Waals surface area contributed by atoms with Crippen LogP contribution in [0.25, 0.3) is 11.1 Å². The van der Waals surface area contributed by atoms with Crippen molar-refractivity contribution in [1.29, 1.82) is 5.26 Å². The van der Waals surface area contributed by atoms with Gasteiger partial charge in [0.2, 0.25) is 0 Å². The zero-order valence-corrected chi connectivity index (χ0v) is 10.9. The van der Waals surface area contributed by atoms with Crippen molar-refractivity contribution < 1.29 is 0 Å². The molecule has 0 saturated heterocycles. The van der Waals surface area contributed by atoms with E-state index < -0.39 is 0 Å². The van der Waals surface area contributed by atoms with Crippen molar-refractivity contribution in [2.24, 2.45) is 0 Å². The van der Waals surface area contributed by atoms with E-state index in [1.54, 1.807) is 0 Å². The Balaban J connectivity index is 2.67. The Morgan fingerprint density at radius 3 is 2.22 bits per heavy atom. The maximum absolute atomic E-state index is 9.46. The largest absolute Gasteiger partial charge is 0.192 e. The van der Waals surface area contributed by atoms with E-state index in [9.17, 15) is 5.26 Å². The van der Waals surface area contributed by atoms with Crippen LogP contribution in [-0.2, 0) is 12.8 Å². The summed E-state index contributed by atoms with van der Waals surface area (Å²) in [6.45, 7) is 4.25. The molecule has 0 atom stereocenters. The van der Waals surface area contributed by atoms with Gasteiger partial charge in [0.15, 0.2) is 0 Å². The van der Waals surface area contributed by atoms with Gasteiger partial charge in [0.25, 0.3) is 0 Å². The van der Waals surface area contributed by atoms with Crippen LogP contribution >= 0.6 is 0 Å². The second-order valence-corrected chi connectivity index (χ2v) is 4.31. The van der Waals surface area contributed by atoms with Crippen molar-refractivity contribution in [3.05, 3.63) is 59.2 Å². The van der Waals surface area contributed by atoms with E-state index >= 15 is 0 Å². The van der Waals surface area contributed by atoms with Gasteiger partial charge in [-0.15, -0.1) is 0 Å². The molecule has 0 fully saturated rings. The lowest BCUT2D eigenvalue weighted by atomic mass is 9.90. The first-order valence-electron chi connectivity index (χ1n) is 6.42. The smallest absolute Gasteiger partial charge is 0.100 e. The molecule has 2 aromatic rings. The molecule has 0 radical (unpaired) electrons. The zero-order chi connectivity index (χ0) is 13.0. The fraction of sp³-hybridized carbons (Fsp3) is 0.235. The molecular weight excluding hydrogens is 218 g/mol. The molecule has 0 unspecified atom stereocenters. The first-order valence-corrected chi connectivity index (χ1v) is 6.42. The second kappa shape index (κ2) is 5.51. The average Bonchev–Trinajstić information content (AvgIpc) is 2.46. The third-order valence-electron chi connectivity index (χ3n) is 3.34. The van der Waals surface area contributed by atoms with Crippen LogP contribution in [-0.4, -0.2) is 0 Å². The van der Waals surface area contributed by atoms with Gasteiger partial charge in [0.1, 0.15) is 6.07 Å². The van der Waals surface area contributed by atoms with E-state index in [4.69, 9.17) is 0 Å². The molecule has 0 saturated carbocycles. The standard InChI is InChI=1S/C17H17N/c1-3-13-10-11-16(14-8-6-5-7-9-14)17(12-18)15(13)4-2/h5-11H,3-4H2,1-2H3. The number of nitrogens with zero attached hydrogens (tertiary/aromatic N) is 1. The molecule has 0 N–H and O–H groups in total. The van der Waals surface area contributed by atoms with Crippen molar-refractivity contribution in [2.75, 3.05) is 0 Å². The van der Waals surface area contributed by atoms with E-state index in [1.807, 2.05) is 18.2 Å². The SMILES string of the molecule is CCc1ccc(-c2ccccc2)c(C#N)c1CC. The highest BCUT2D eigenvalue weighted by Crippen LogP contribution is 2.28. The summed E-state index contributed by atoms with van der Waals surface area (Å²) in [5.74, 6) is 0. The van der Waals surface area contributed by atoms with Crippen LogP contribution in [0.4, 0.5) is 0 Å². The van der Waals surface area contributed by atoms with Gasteiger partial charge in [-0.2, -0.15) is 5.26 Å². The van der Waals surface area contributed by atoms with Gasteiger partial charge >= 0.3 is 0 Å². The van der Waals surface area contributed by atoms with Gasteiger partial charge in [-0.1, -0.05) is 56.3 Å². The lowest BCUT2D eigenvalue weighted by Gasteiger charge is -2.12. The van der Waals surface area contributed by atoms with Gasteiger partial charge in [-0.05, 0) is 35.1 Å². The third kappa shape index (κ3) is 2.15. The minimum Gasteiger partial charge on any atom is -0.192 e. The van der Waals surface area contributed by atoms with Crippen LogP contribution in [0.2, 0.25) is 0 Å². The Morgan fingerprint density at radius 2 is 1.67 bits per heavy atom. The molecule has 1 heteroatoms. The Morgan fingerprint density at radius 1 is 0.944 bits per heavy atom. The number of hydrogen-bond acceptors (Lipinski definition) is 1. The molecule has 0 bridgehead atoms. The summed E-state index contributed by atoms with van der Waals surface area (Å²) in [5.41, 5.74) is 5.48. The molecule has 90 valence electrons. The second-order valence-electron chi connectivity index (χ2n) is 4.31. The first-order chi connectivity index (χ1) is 8.81. The van der Waals surface area contributed by atoms with Gasteiger partial charge in [0.05, 0.1) is 5.56 Å². The van der Waals surface area contributed by atoms with Gasteiger partial charge in [0, 0.05) is 0 Å². The molecule has 2 rings (SSSR count). The first kappa shape index (κ1) is 12.4. The summed E-state index contributed by atoms with van der Waals surface area (Å²) >= 11 is 0. The van der Waals surface area contributed by atoms with E-state index in [-0.39, 0.29) is 0 Å². The molecule has 0 spiro atoms. The van der Waals surface area contributed by atoms with Crippen LogP contribution in [0.15, 0.2) is 42.5 Å². The maximum atomic E-state index is 9.46. The minimum absolute atomic E-state index is 0.836. The lowest BCUT2D eigenvalue weighted by molar-refractivity contribution is 1.03. The van der Waals surface area contributed by atoms with E-state index in [0.717, 1.165) is 29.5 Å². The topological polar surface area (TPSA) is 23.8 Å². The highest BCUT2D eigenvalue weighted by atomic mass is 14.3. The van der Waals surface area contributed by atoms with Crippen LogP contribution < -0.4 is 0 Å². The van der Waals surface area contributed by atoms with Crippen LogP contribution in [0.3, 0.4) is 0 Å². The predicted octanol–water partition coefficient (Wildman–Crippen LogP) is 4.35. The fourth-order valence-electron chi connectivity index (χ4n) is 2.41. The van der Waals surface area contributed by atoms with Gasteiger partial charge < -0.3 is 0 Å². The third-order valence-corrected chi connectivity index (χ3v) is 3.34. The number of nitriles is 1. The number of hydrogen-bond donors (Lipinski definition) is 0. The quantitative estimate of drug-likeness (QED) is 0.775. The normalized spacial score (nSPS) is 10.1. The number of rotatable bonds is 3. The average molecular weight is 235 g/mol. The molecule has 0 aliphatic carbocycles. The predicted molar refractivity (Wildman–Crippen MR) is 75.3 cm³/mol. The highest BCUT2D eigenvalue weighted by molar-refractivity contribution is 5.73. The minimum atomic E-state index is 0.836. The summed E-state index contributed by atoms with van der Waals surface area (Å²) in [4.78, 5) is 0. The monoisotopic (exact) mass is 235 g/mol. The molecule has 0 aliphatic rings. The van der Waals surface area contributed by atoms with Crippen LogP contribution in [0.5, 0.6) is 0 Å². The van der Waals surface area contributed by atoms with E-state index in [2.05, 4.69) is 44.2 Å². The molecule has 0 amide bonds. The van der Waals surface area contributed by atoms with Gasteiger partial charge in [-0.25, -0.2) is 0 Å². The van der Waals surface area contributed by atoms with Crippen molar-refractivity contribution in [3.8, 4) is 17.2 Å². The van der Waals surface area contributed by atoms with Crippen LogP contribution in [0.1, 0.15) is 30.5 Å². The maximum Gasteiger partial charge on any atom is 0.100 e. The summed E-state index contributed by atoms with van der Waals surface area (Å²) in [6, 6.07) is 16.7. The Kier molecular flexibility index (Phi) is 3.79. The van der Waals surface area contributed by atoms with Crippen molar-refractivity contribution in [1.82, 2.24) is 0 Å². The molecule has 18 heavy (non-hydrogen) atoms.